The van der Waals surface area contributed by atoms with Crippen LogP contribution in [0.25, 0.3) is 4.98 Å². The van der Waals surface area contributed by atoms with E-state index in [4.69, 9.17) is 5.39 Å². The van der Waals surface area contributed by atoms with Crippen LogP contribution >= 0.6 is 0 Å². The van der Waals surface area contributed by atoms with E-state index in [0.29, 0.717) is 5.57 Å². The fourth-order valence-corrected chi connectivity index (χ4v) is 0.726. The van der Waals surface area contributed by atoms with Gasteiger partial charge >= 0.3 is 6.04 Å². The van der Waals surface area contributed by atoms with Crippen molar-refractivity contribution < 1.29 is 4.79 Å². The van der Waals surface area contributed by atoms with Crippen LogP contribution in [-0.4, -0.2) is 12.0 Å². The fraction of sp³-hybridized carbons (Fsp3) is 0.143. The van der Waals surface area contributed by atoms with Crippen molar-refractivity contribution in [3.63, 3.8) is 0 Å². The number of hydrogen-bond acceptors (Lipinski definition) is 2. The Morgan fingerprint density at radius 1 is 1.60 bits per heavy atom. The number of nitrogens with zero attached hydrogens (tertiary/aromatic N) is 2. The van der Waals surface area contributed by atoms with Crippen LogP contribution in [0.4, 0.5) is 0 Å². The van der Waals surface area contributed by atoms with Crippen molar-refractivity contribution in [2.45, 2.75) is 6.04 Å². The Kier molecular flexibility index (Phi) is 1.79. The van der Waals surface area contributed by atoms with Crippen molar-refractivity contribution in [2.24, 2.45) is 0 Å². The third-order valence-electron chi connectivity index (χ3n) is 1.24. The Bertz CT molecular complexity index is 276. The Balaban J connectivity index is 2.98. The van der Waals surface area contributed by atoms with Crippen molar-refractivity contribution in [3.05, 3.63) is 34.9 Å². The molecule has 0 aromatic heterocycles. The molecule has 0 bridgehead atoms. The maximum Gasteiger partial charge on any atom is 0.368 e. The van der Waals surface area contributed by atoms with Crippen molar-refractivity contribution in [3.8, 4) is 0 Å². The van der Waals surface area contributed by atoms with Crippen molar-refractivity contribution >= 4 is 5.94 Å². The Hall–Kier alpha value is -1.65. The molecule has 0 aromatic rings. The molecule has 0 radical (unpaired) electrons. The highest BCUT2D eigenvalue weighted by Crippen LogP contribution is 2.10. The first-order valence-corrected chi connectivity index (χ1v) is 2.82. The zero-order valence-corrected chi connectivity index (χ0v) is 5.19. The molecule has 0 aliphatic heterocycles. The van der Waals surface area contributed by atoms with Gasteiger partial charge in [-0.2, -0.15) is 0 Å². The highest BCUT2D eigenvalue weighted by Gasteiger charge is 2.22. The molecule has 0 N–H and O–H groups in total. The molecule has 0 spiro atoms. The molecule has 0 saturated heterocycles. The molecule has 3 heteroatoms. The Labute approximate surface area is 58.0 Å². The van der Waals surface area contributed by atoms with Gasteiger partial charge in [-0.1, -0.05) is 12.2 Å². The van der Waals surface area contributed by atoms with E-state index < -0.39 is 6.04 Å². The van der Waals surface area contributed by atoms with E-state index >= 15 is 0 Å². The van der Waals surface area contributed by atoms with Crippen LogP contribution in [0.5, 0.6) is 0 Å². The molecule has 0 amide bonds. The lowest BCUT2D eigenvalue weighted by Crippen LogP contribution is -2.02. The number of carbonyl (C=O) groups excluding carboxylic acids is 1. The molecule has 1 atom stereocenters. The third-order valence-corrected chi connectivity index (χ3v) is 1.24. The second-order valence-corrected chi connectivity index (χ2v) is 1.86. The van der Waals surface area contributed by atoms with Crippen molar-refractivity contribution in [1.29, 1.82) is 5.39 Å². The van der Waals surface area contributed by atoms with Gasteiger partial charge in [-0.25, -0.2) is 4.79 Å². The van der Waals surface area contributed by atoms with Gasteiger partial charge < -0.3 is 0 Å². The molecule has 1 aliphatic rings. The second kappa shape index (κ2) is 2.77. The van der Waals surface area contributed by atoms with Crippen molar-refractivity contribution in [2.75, 3.05) is 0 Å². The highest BCUT2D eigenvalue weighted by atomic mass is 16.1. The standard InChI is InChI=1S/C7H5N2O/c8-9-7-4-2-1-3-6(7)5-10/h1-4,7H/q+1. The summed E-state index contributed by atoms with van der Waals surface area (Å²) >= 11 is 0. The number of rotatable bonds is 0. The predicted molar refractivity (Wildman–Crippen MR) is 36.4 cm³/mol. The minimum Gasteiger partial charge on any atom is -0.233 e. The first kappa shape index (κ1) is 6.47. The van der Waals surface area contributed by atoms with Gasteiger partial charge in [0.05, 0.1) is 0 Å². The maximum absolute atomic E-state index is 10.1. The average Bonchev–Trinajstić information content (AvgIpc) is 2.04. The van der Waals surface area contributed by atoms with E-state index in [1.54, 1.807) is 30.2 Å². The van der Waals surface area contributed by atoms with Crippen LogP contribution in [0.3, 0.4) is 0 Å². The van der Waals surface area contributed by atoms with Crippen LogP contribution in [0, 0.1) is 5.39 Å². The largest absolute Gasteiger partial charge is 0.368 e. The highest BCUT2D eigenvalue weighted by molar-refractivity contribution is 5.63. The summed E-state index contributed by atoms with van der Waals surface area (Å²) in [6, 6.07) is -0.525. The summed E-state index contributed by atoms with van der Waals surface area (Å²) < 4.78 is 0. The third kappa shape index (κ3) is 1.02. The van der Waals surface area contributed by atoms with E-state index in [2.05, 4.69) is 4.98 Å². The minimum absolute atomic E-state index is 0.352. The molecule has 3 nitrogen and oxygen atoms in total. The first-order chi connectivity index (χ1) is 4.88. The molecule has 0 fully saturated rings. The van der Waals surface area contributed by atoms with Gasteiger partial charge in [0.1, 0.15) is 16.5 Å². The molecule has 1 unspecified atom stereocenters. The van der Waals surface area contributed by atoms with Crippen LogP contribution in [0.2, 0.25) is 0 Å². The average molecular weight is 133 g/mol. The smallest absolute Gasteiger partial charge is 0.233 e. The van der Waals surface area contributed by atoms with Gasteiger partial charge in [-0.3, -0.25) is 0 Å². The topological polar surface area (TPSA) is 45.2 Å². The van der Waals surface area contributed by atoms with E-state index in [0.717, 1.165) is 0 Å². The summed E-state index contributed by atoms with van der Waals surface area (Å²) in [5.41, 5.74) is 0.352. The molecule has 1 aliphatic carbocycles. The van der Waals surface area contributed by atoms with Crippen LogP contribution in [0.15, 0.2) is 29.9 Å². The van der Waals surface area contributed by atoms with E-state index in [9.17, 15) is 4.79 Å². The minimum atomic E-state index is -0.525. The second-order valence-electron chi connectivity index (χ2n) is 1.86. The molecule has 0 saturated carbocycles. The molecule has 0 aromatic carbocycles. The van der Waals surface area contributed by atoms with Gasteiger partial charge in [0.2, 0.25) is 5.39 Å². The fourth-order valence-electron chi connectivity index (χ4n) is 0.726. The predicted octanol–water partition coefficient (Wildman–Crippen LogP) is 1.09. The van der Waals surface area contributed by atoms with E-state index in [1.807, 2.05) is 0 Å². The molecule has 0 heterocycles. The van der Waals surface area contributed by atoms with Gasteiger partial charge in [0.25, 0.3) is 0 Å². The monoisotopic (exact) mass is 133 g/mol. The van der Waals surface area contributed by atoms with Gasteiger partial charge in [-0.05, 0) is 6.08 Å². The van der Waals surface area contributed by atoms with Gasteiger partial charge in [0.15, 0.2) is 0 Å². The molecule has 10 heavy (non-hydrogen) atoms. The summed E-state index contributed by atoms with van der Waals surface area (Å²) in [6.45, 7) is 0. The zero-order valence-electron chi connectivity index (χ0n) is 5.19. The summed E-state index contributed by atoms with van der Waals surface area (Å²) in [6.07, 6.45) is 6.59. The quantitative estimate of drug-likeness (QED) is 0.366. The maximum atomic E-state index is 10.1. The van der Waals surface area contributed by atoms with Gasteiger partial charge in [0, 0.05) is 6.08 Å². The normalized spacial score (nSPS) is 21.9. The van der Waals surface area contributed by atoms with Crippen LogP contribution in [-0.2, 0) is 4.79 Å². The van der Waals surface area contributed by atoms with Crippen molar-refractivity contribution in [1.82, 2.24) is 0 Å². The molecular weight excluding hydrogens is 128 g/mol. The molecule has 1 rings (SSSR count). The van der Waals surface area contributed by atoms with E-state index in [1.165, 1.54) is 0 Å². The zero-order chi connectivity index (χ0) is 7.40. The lowest BCUT2D eigenvalue weighted by Gasteiger charge is -1.92. The molecule has 48 valence electrons. The lowest BCUT2D eigenvalue weighted by molar-refractivity contribution is 0.567. The van der Waals surface area contributed by atoms with Gasteiger partial charge in [-0.15, -0.1) is 0 Å². The summed E-state index contributed by atoms with van der Waals surface area (Å²) in [4.78, 5) is 13.1. The van der Waals surface area contributed by atoms with Crippen LogP contribution in [0.1, 0.15) is 0 Å². The molecular formula is C7H5N2O+. The number of allylic oxidation sites excluding steroid dienone is 2. The summed E-state index contributed by atoms with van der Waals surface area (Å²) in [7, 11) is 0. The number of diazo groups is 1. The van der Waals surface area contributed by atoms with E-state index in [-0.39, 0.29) is 0 Å². The summed E-state index contributed by atoms with van der Waals surface area (Å²) in [5.74, 6) is 1.68. The Morgan fingerprint density at radius 2 is 2.40 bits per heavy atom. The van der Waals surface area contributed by atoms with Crippen LogP contribution < -0.4 is 0 Å². The SMILES string of the molecule is N#[N+]C1C=CC=CC1=C=O. The number of hydrogen-bond donors (Lipinski definition) is 0. The summed E-state index contributed by atoms with van der Waals surface area (Å²) in [5, 5.41) is 8.33. The lowest BCUT2D eigenvalue weighted by atomic mass is 10.1. The first-order valence-electron chi connectivity index (χ1n) is 2.82. The Morgan fingerprint density at radius 3 is 2.90 bits per heavy atom.